The van der Waals surface area contributed by atoms with Crippen LogP contribution in [0.2, 0.25) is 0 Å². The molecular weight excluding hydrogens is 132 g/mol. The van der Waals surface area contributed by atoms with Crippen molar-refractivity contribution in [3.63, 3.8) is 0 Å². The second-order valence-electron chi connectivity index (χ2n) is 1.29. The summed E-state index contributed by atoms with van der Waals surface area (Å²) in [5, 5.41) is 2.85. The zero-order valence-corrected chi connectivity index (χ0v) is 4.21. The minimum Gasteiger partial charge on any atom is -0.351 e. The first-order chi connectivity index (χ1) is 4.20. The van der Waals surface area contributed by atoms with Gasteiger partial charge in [0.15, 0.2) is 0 Å². The third-order valence-corrected chi connectivity index (χ3v) is 0.653. The van der Waals surface area contributed by atoms with Crippen molar-refractivity contribution in [3.05, 3.63) is 5.82 Å². The first kappa shape index (κ1) is 5.93. The summed E-state index contributed by atoms with van der Waals surface area (Å²) in [7, 11) is 0. The fourth-order valence-corrected chi connectivity index (χ4v) is 0.336. The van der Waals surface area contributed by atoms with E-state index >= 15 is 0 Å². The second kappa shape index (κ2) is 1.96. The van der Waals surface area contributed by atoms with E-state index in [1.165, 1.54) is 0 Å². The summed E-state index contributed by atoms with van der Waals surface area (Å²) < 4.78 is 27.1. The van der Waals surface area contributed by atoms with Crippen LogP contribution in [0.4, 0.5) is 14.8 Å². The Morgan fingerprint density at radius 3 is 2.44 bits per heavy atom. The van der Waals surface area contributed by atoms with E-state index in [1.54, 1.807) is 0 Å². The number of hydrogen-bond acceptors (Lipinski definition) is 4. The fourth-order valence-electron chi connectivity index (χ4n) is 0.336. The summed E-state index contributed by atoms with van der Waals surface area (Å²) in [5.41, 5.74) is 4.84. The molecule has 0 unspecified atom stereocenters. The highest BCUT2D eigenvalue weighted by Gasteiger charge is 2.13. The molecule has 0 fully saturated rings. The lowest BCUT2D eigenvalue weighted by Gasteiger charge is -1.82. The number of nitrogens with two attached hydrogens (primary N) is 1. The van der Waals surface area contributed by atoms with Gasteiger partial charge in [-0.2, -0.15) is 4.98 Å². The van der Waals surface area contributed by atoms with E-state index in [4.69, 9.17) is 5.73 Å². The molecule has 0 aliphatic carbocycles. The van der Waals surface area contributed by atoms with Gasteiger partial charge in [0.1, 0.15) is 0 Å². The largest absolute Gasteiger partial charge is 0.351 e. The number of nitrogens with zero attached hydrogens (tertiary/aromatic N) is 2. The average molecular weight is 135 g/mol. The minimum absolute atomic E-state index is 0.342. The van der Waals surface area contributed by atoms with Crippen LogP contribution in [0.15, 0.2) is 4.52 Å². The third kappa shape index (κ3) is 1.13. The molecule has 0 amide bonds. The first-order valence-electron chi connectivity index (χ1n) is 2.07. The van der Waals surface area contributed by atoms with E-state index in [-0.39, 0.29) is 6.01 Å². The smallest absolute Gasteiger partial charge is 0.319 e. The lowest BCUT2D eigenvalue weighted by atomic mass is 10.7. The summed E-state index contributed by atoms with van der Waals surface area (Å²) in [6.45, 7) is 0. The lowest BCUT2D eigenvalue weighted by Crippen LogP contribution is -1.87. The monoisotopic (exact) mass is 135 g/mol. The molecule has 0 spiro atoms. The van der Waals surface area contributed by atoms with Crippen molar-refractivity contribution in [2.45, 2.75) is 6.43 Å². The Hall–Kier alpha value is -1.20. The number of aromatic nitrogens is 2. The number of rotatable bonds is 1. The molecule has 0 aliphatic heterocycles. The maximum Gasteiger partial charge on any atom is 0.319 e. The molecule has 1 rings (SSSR count). The van der Waals surface area contributed by atoms with Gasteiger partial charge in [0.05, 0.1) is 0 Å². The van der Waals surface area contributed by atoms with Gasteiger partial charge in [0.2, 0.25) is 5.82 Å². The topological polar surface area (TPSA) is 64.9 Å². The Bertz CT molecular complexity index is 199. The highest BCUT2D eigenvalue weighted by Crippen LogP contribution is 2.14. The Kier molecular flexibility index (Phi) is 1.29. The van der Waals surface area contributed by atoms with Crippen LogP contribution in [-0.4, -0.2) is 10.1 Å². The van der Waals surface area contributed by atoms with Crippen molar-refractivity contribution in [2.24, 2.45) is 0 Å². The van der Waals surface area contributed by atoms with E-state index in [1.807, 2.05) is 0 Å². The lowest BCUT2D eigenvalue weighted by molar-refractivity contribution is 0.136. The zero-order valence-electron chi connectivity index (χ0n) is 4.21. The predicted molar refractivity (Wildman–Crippen MR) is 23.7 cm³/mol. The quantitative estimate of drug-likeness (QED) is 0.611. The van der Waals surface area contributed by atoms with Gasteiger partial charge in [0.25, 0.3) is 0 Å². The van der Waals surface area contributed by atoms with Gasteiger partial charge in [-0.15, -0.1) is 0 Å². The van der Waals surface area contributed by atoms with Crippen LogP contribution in [0, 0.1) is 0 Å². The number of alkyl halides is 2. The molecule has 6 heteroatoms. The Labute approximate surface area is 48.7 Å². The number of anilines is 1. The molecule has 0 saturated carbocycles. The Morgan fingerprint density at radius 2 is 2.22 bits per heavy atom. The van der Waals surface area contributed by atoms with Gasteiger partial charge in [-0.3, -0.25) is 0 Å². The third-order valence-electron chi connectivity index (χ3n) is 0.653. The second-order valence-corrected chi connectivity index (χ2v) is 1.29. The van der Waals surface area contributed by atoms with Gasteiger partial charge < -0.3 is 10.3 Å². The molecule has 0 saturated heterocycles. The van der Waals surface area contributed by atoms with Crippen molar-refractivity contribution < 1.29 is 13.3 Å². The summed E-state index contributed by atoms with van der Waals surface area (Å²) in [5.74, 6) is -0.674. The molecule has 4 nitrogen and oxygen atoms in total. The molecule has 1 aromatic heterocycles. The number of halogens is 2. The standard InChI is InChI=1S/C3H3F2N3O/c4-1(5)2-7-3(6)9-8-2/h1H,(H2,6,7,8). The molecule has 0 aromatic carbocycles. The van der Waals surface area contributed by atoms with Crippen LogP contribution < -0.4 is 5.73 Å². The number of nitrogen functional groups attached to an aromatic ring is 1. The minimum atomic E-state index is -2.72. The van der Waals surface area contributed by atoms with E-state index in [2.05, 4.69) is 14.7 Å². The van der Waals surface area contributed by atoms with E-state index in [9.17, 15) is 8.78 Å². The van der Waals surface area contributed by atoms with E-state index < -0.39 is 12.2 Å². The van der Waals surface area contributed by atoms with Gasteiger partial charge in [-0.25, -0.2) is 8.78 Å². The summed E-state index contributed by atoms with van der Waals surface area (Å²) >= 11 is 0. The van der Waals surface area contributed by atoms with Crippen LogP contribution in [-0.2, 0) is 0 Å². The molecule has 0 atom stereocenters. The van der Waals surface area contributed by atoms with Gasteiger partial charge >= 0.3 is 12.4 Å². The first-order valence-corrected chi connectivity index (χ1v) is 2.07. The van der Waals surface area contributed by atoms with Crippen LogP contribution in [0.5, 0.6) is 0 Å². The zero-order chi connectivity index (χ0) is 6.85. The maximum absolute atomic E-state index is 11.5. The molecular formula is C3H3F2N3O. The van der Waals surface area contributed by atoms with Crippen LogP contribution in [0.25, 0.3) is 0 Å². The summed E-state index contributed by atoms with van der Waals surface area (Å²) in [6.07, 6.45) is -2.72. The normalized spacial score (nSPS) is 10.6. The van der Waals surface area contributed by atoms with Crippen LogP contribution in [0.3, 0.4) is 0 Å². The molecule has 2 N–H and O–H groups in total. The number of hydrogen-bond donors (Lipinski definition) is 1. The molecule has 1 heterocycles. The fraction of sp³-hybridized carbons (Fsp3) is 0.333. The molecule has 9 heavy (non-hydrogen) atoms. The molecule has 0 radical (unpaired) electrons. The Morgan fingerprint density at radius 1 is 1.56 bits per heavy atom. The summed E-state index contributed by atoms with van der Waals surface area (Å²) in [6, 6.07) is -0.342. The van der Waals surface area contributed by atoms with Gasteiger partial charge in [0, 0.05) is 0 Å². The van der Waals surface area contributed by atoms with Gasteiger partial charge in [-0.05, 0) is 0 Å². The maximum atomic E-state index is 11.5. The van der Waals surface area contributed by atoms with Crippen LogP contribution >= 0.6 is 0 Å². The summed E-state index contributed by atoms with van der Waals surface area (Å²) in [4.78, 5) is 3.06. The van der Waals surface area contributed by atoms with Crippen molar-refractivity contribution in [3.8, 4) is 0 Å². The molecule has 50 valence electrons. The highest BCUT2D eigenvalue weighted by atomic mass is 19.3. The van der Waals surface area contributed by atoms with Gasteiger partial charge in [-0.1, -0.05) is 5.16 Å². The van der Waals surface area contributed by atoms with Crippen molar-refractivity contribution in [1.82, 2.24) is 10.1 Å². The highest BCUT2D eigenvalue weighted by molar-refractivity contribution is 5.07. The average Bonchev–Trinajstić information content (AvgIpc) is 2.14. The molecule has 0 aliphatic rings. The van der Waals surface area contributed by atoms with Crippen molar-refractivity contribution in [1.29, 1.82) is 0 Å². The van der Waals surface area contributed by atoms with Crippen LogP contribution in [0.1, 0.15) is 12.2 Å². The molecule has 1 aromatic rings. The Balaban J connectivity index is 2.85. The molecule has 0 bridgehead atoms. The van der Waals surface area contributed by atoms with Crippen molar-refractivity contribution >= 4 is 6.01 Å². The van der Waals surface area contributed by atoms with E-state index in [0.717, 1.165) is 0 Å². The predicted octanol–water partition coefficient (Wildman–Crippen LogP) is 0.589. The van der Waals surface area contributed by atoms with E-state index in [0.29, 0.717) is 0 Å². The van der Waals surface area contributed by atoms with Crippen molar-refractivity contribution in [2.75, 3.05) is 5.73 Å². The SMILES string of the molecule is Nc1nc(C(F)F)no1.